The number of thiazole rings is 1. The third kappa shape index (κ3) is 3.61. The van der Waals surface area contributed by atoms with E-state index < -0.39 is 6.10 Å². The molecular weight excluding hydrogens is 300 g/mol. The van der Waals surface area contributed by atoms with Gasteiger partial charge in [-0.05, 0) is 25.0 Å². The van der Waals surface area contributed by atoms with E-state index in [2.05, 4.69) is 20.6 Å². The minimum Gasteiger partial charge on any atom is -0.391 e. The van der Waals surface area contributed by atoms with Gasteiger partial charge in [-0.15, -0.1) is 11.3 Å². The number of rotatable bonds is 3. The van der Waals surface area contributed by atoms with E-state index in [1.807, 2.05) is 17.5 Å². The van der Waals surface area contributed by atoms with Crippen molar-refractivity contribution in [2.75, 3.05) is 5.32 Å². The Morgan fingerprint density at radius 2 is 2.23 bits per heavy atom. The van der Waals surface area contributed by atoms with E-state index >= 15 is 0 Å². The molecule has 1 fully saturated rings. The summed E-state index contributed by atoms with van der Waals surface area (Å²) >= 11 is 1.36. The van der Waals surface area contributed by atoms with Crippen LogP contribution < -0.4 is 10.6 Å². The molecule has 3 rings (SSSR count). The second-order valence-electron chi connectivity index (χ2n) is 5.34. The zero-order valence-electron chi connectivity index (χ0n) is 12.0. The molecule has 2 unspecified atom stereocenters. The third-order valence-corrected chi connectivity index (χ3v) is 4.49. The molecule has 6 nitrogen and oxygen atoms in total. The van der Waals surface area contributed by atoms with Crippen molar-refractivity contribution in [3.05, 3.63) is 29.9 Å². The minimum atomic E-state index is -0.457. The number of nitrogens with one attached hydrogen (secondary N) is 2. The third-order valence-electron chi connectivity index (χ3n) is 3.73. The first-order valence-electron chi connectivity index (χ1n) is 7.34. The normalized spacial score (nSPS) is 21.3. The molecule has 0 radical (unpaired) electrons. The zero-order chi connectivity index (χ0) is 15.4. The number of urea groups is 1. The van der Waals surface area contributed by atoms with Crippen LogP contribution in [0.1, 0.15) is 25.7 Å². The summed E-state index contributed by atoms with van der Waals surface area (Å²) < 4.78 is 0. The van der Waals surface area contributed by atoms with Gasteiger partial charge < -0.3 is 10.4 Å². The van der Waals surface area contributed by atoms with Gasteiger partial charge in [-0.2, -0.15) is 0 Å². The number of carbonyl (C=O) groups is 1. The van der Waals surface area contributed by atoms with Crippen molar-refractivity contribution in [3.63, 3.8) is 0 Å². The maximum Gasteiger partial charge on any atom is 0.321 e. The van der Waals surface area contributed by atoms with E-state index in [0.29, 0.717) is 5.13 Å². The Balaban J connectivity index is 1.59. The Labute approximate surface area is 132 Å². The quantitative estimate of drug-likeness (QED) is 0.812. The molecule has 0 aliphatic heterocycles. The molecule has 2 heterocycles. The van der Waals surface area contributed by atoms with Crippen LogP contribution in [0.4, 0.5) is 9.93 Å². The van der Waals surface area contributed by atoms with Gasteiger partial charge in [0.2, 0.25) is 0 Å². The highest BCUT2D eigenvalue weighted by Gasteiger charge is 2.24. The van der Waals surface area contributed by atoms with Crippen LogP contribution in [0.15, 0.2) is 29.9 Å². The van der Waals surface area contributed by atoms with Crippen LogP contribution in [-0.2, 0) is 0 Å². The summed E-state index contributed by atoms with van der Waals surface area (Å²) in [6.45, 7) is 0. The van der Waals surface area contributed by atoms with E-state index in [4.69, 9.17) is 0 Å². The van der Waals surface area contributed by atoms with Crippen LogP contribution in [0, 0.1) is 0 Å². The van der Waals surface area contributed by atoms with Crippen molar-refractivity contribution in [2.45, 2.75) is 37.8 Å². The average Bonchev–Trinajstić information content (AvgIpc) is 2.99. The highest BCUT2D eigenvalue weighted by atomic mass is 32.1. The second kappa shape index (κ2) is 6.85. The lowest BCUT2D eigenvalue weighted by Crippen LogP contribution is -2.46. The predicted octanol–water partition coefficient (Wildman–Crippen LogP) is 2.63. The number of carbonyl (C=O) groups excluding carboxylic acids is 1. The van der Waals surface area contributed by atoms with Gasteiger partial charge in [-0.1, -0.05) is 12.8 Å². The topological polar surface area (TPSA) is 87.1 Å². The lowest BCUT2D eigenvalue weighted by molar-refractivity contribution is 0.0955. The number of pyridine rings is 1. The fraction of sp³-hybridized carbons (Fsp3) is 0.400. The molecule has 0 aromatic carbocycles. The maximum absolute atomic E-state index is 12.0. The maximum atomic E-state index is 12.0. The van der Waals surface area contributed by atoms with Gasteiger partial charge in [0.05, 0.1) is 17.8 Å². The van der Waals surface area contributed by atoms with Crippen molar-refractivity contribution in [1.29, 1.82) is 0 Å². The Morgan fingerprint density at radius 3 is 3.00 bits per heavy atom. The van der Waals surface area contributed by atoms with Gasteiger partial charge in [-0.3, -0.25) is 10.3 Å². The minimum absolute atomic E-state index is 0.175. The number of aromatic nitrogens is 2. The van der Waals surface area contributed by atoms with Crippen LogP contribution in [0.25, 0.3) is 11.3 Å². The molecule has 116 valence electrons. The molecule has 1 aliphatic rings. The fourth-order valence-electron chi connectivity index (χ4n) is 2.56. The van der Waals surface area contributed by atoms with Gasteiger partial charge in [0.15, 0.2) is 5.13 Å². The standard InChI is InChI=1S/C15H18N4O2S/c20-13-6-2-1-5-11(13)17-14(21)19-15-18-12(9-22-15)10-4-3-7-16-8-10/h3-4,7-9,11,13,20H,1-2,5-6H2,(H2,17,18,19,21). The summed E-state index contributed by atoms with van der Waals surface area (Å²) in [4.78, 5) is 20.4. The van der Waals surface area contributed by atoms with Gasteiger partial charge >= 0.3 is 6.03 Å². The van der Waals surface area contributed by atoms with Crippen molar-refractivity contribution in [1.82, 2.24) is 15.3 Å². The fourth-order valence-corrected chi connectivity index (χ4v) is 3.27. The summed E-state index contributed by atoms with van der Waals surface area (Å²) in [5.74, 6) is 0. The zero-order valence-corrected chi connectivity index (χ0v) is 12.8. The Morgan fingerprint density at radius 1 is 1.36 bits per heavy atom. The van der Waals surface area contributed by atoms with E-state index in [1.165, 1.54) is 11.3 Å². The average molecular weight is 318 g/mol. The largest absolute Gasteiger partial charge is 0.391 e. The summed E-state index contributed by atoms with van der Waals surface area (Å²) in [6.07, 6.45) is 6.59. The van der Waals surface area contributed by atoms with Crippen molar-refractivity contribution < 1.29 is 9.90 Å². The van der Waals surface area contributed by atoms with Gasteiger partial charge in [-0.25, -0.2) is 9.78 Å². The molecule has 0 saturated heterocycles. The summed E-state index contributed by atoms with van der Waals surface area (Å²) in [5.41, 5.74) is 1.70. The molecule has 22 heavy (non-hydrogen) atoms. The van der Waals surface area contributed by atoms with Crippen LogP contribution >= 0.6 is 11.3 Å². The van der Waals surface area contributed by atoms with E-state index in [9.17, 15) is 9.90 Å². The molecule has 7 heteroatoms. The first kappa shape index (κ1) is 14.9. The number of nitrogens with zero attached hydrogens (tertiary/aromatic N) is 2. The molecule has 2 atom stereocenters. The predicted molar refractivity (Wildman–Crippen MR) is 85.8 cm³/mol. The SMILES string of the molecule is O=C(Nc1nc(-c2cccnc2)cs1)NC1CCCCC1O. The molecule has 0 spiro atoms. The monoisotopic (exact) mass is 318 g/mol. The van der Waals surface area contributed by atoms with Crippen LogP contribution in [-0.4, -0.2) is 33.3 Å². The van der Waals surface area contributed by atoms with Gasteiger partial charge in [0.25, 0.3) is 0 Å². The van der Waals surface area contributed by atoms with Crippen molar-refractivity contribution in [2.24, 2.45) is 0 Å². The second-order valence-corrected chi connectivity index (χ2v) is 6.19. The number of aliphatic hydroxyl groups is 1. The number of hydrogen-bond acceptors (Lipinski definition) is 5. The molecule has 2 amide bonds. The Hall–Kier alpha value is -1.99. The number of aliphatic hydroxyl groups excluding tert-OH is 1. The van der Waals surface area contributed by atoms with Crippen LogP contribution in [0.3, 0.4) is 0 Å². The van der Waals surface area contributed by atoms with E-state index in [-0.39, 0.29) is 12.1 Å². The lowest BCUT2D eigenvalue weighted by atomic mass is 9.93. The molecule has 1 saturated carbocycles. The first-order valence-corrected chi connectivity index (χ1v) is 8.22. The molecule has 3 N–H and O–H groups in total. The molecule has 2 aromatic heterocycles. The van der Waals surface area contributed by atoms with Crippen molar-refractivity contribution >= 4 is 22.5 Å². The molecular formula is C15H18N4O2S. The Bertz CT molecular complexity index is 631. The highest BCUT2D eigenvalue weighted by Crippen LogP contribution is 2.24. The highest BCUT2D eigenvalue weighted by molar-refractivity contribution is 7.14. The Kier molecular flexibility index (Phi) is 4.65. The molecule has 0 bridgehead atoms. The summed E-state index contributed by atoms with van der Waals surface area (Å²) in [5, 5.41) is 17.8. The smallest absolute Gasteiger partial charge is 0.321 e. The van der Waals surface area contributed by atoms with Crippen molar-refractivity contribution in [3.8, 4) is 11.3 Å². The molecule has 1 aliphatic carbocycles. The van der Waals surface area contributed by atoms with Crippen LogP contribution in [0.5, 0.6) is 0 Å². The summed E-state index contributed by atoms with van der Waals surface area (Å²) in [7, 11) is 0. The van der Waals surface area contributed by atoms with Crippen LogP contribution in [0.2, 0.25) is 0 Å². The van der Waals surface area contributed by atoms with E-state index in [0.717, 1.165) is 36.9 Å². The van der Waals surface area contributed by atoms with E-state index in [1.54, 1.807) is 12.4 Å². The number of amides is 2. The lowest BCUT2D eigenvalue weighted by Gasteiger charge is -2.28. The summed E-state index contributed by atoms with van der Waals surface area (Å²) in [6, 6.07) is 3.27. The molecule has 2 aromatic rings. The number of anilines is 1. The van der Waals surface area contributed by atoms with Gasteiger partial charge in [0, 0.05) is 23.3 Å². The van der Waals surface area contributed by atoms with Gasteiger partial charge in [0.1, 0.15) is 0 Å². The number of hydrogen-bond donors (Lipinski definition) is 3. The first-order chi connectivity index (χ1) is 10.7.